The van der Waals surface area contributed by atoms with E-state index >= 15 is 0 Å². The normalized spacial score (nSPS) is 22.2. The molecule has 2 aliphatic rings. The molecule has 0 bridgehead atoms. The Balaban J connectivity index is 1.58. The highest BCUT2D eigenvalue weighted by Gasteiger charge is 2.45. The number of carbonyl (C=O) groups is 2. The summed E-state index contributed by atoms with van der Waals surface area (Å²) in [5, 5.41) is 13.1. The Bertz CT molecular complexity index is 895. The Morgan fingerprint density at radius 3 is 2.65 bits per heavy atom. The SMILES string of the molecule is Cn1cc(N2C(=O)CC[C@@H]3[C@H]2CCN3C(=O)c2ccc(C#N)cc2)cn1. The largest absolute Gasteiger partial charge is 0.333 e. The van der Waals surface area contributed by atoms with Crippen molar-refractivity contribution in [2.24, 2.45) is 7.05 Å². The third kappa shape index (κ3) is 2.64. The van der Waals surface area contributed by atoms with E-state index in [0.29, 0.717) is 30.5 Å². The number of aromatic nitrogens is 2. The van der Waals surface area contributed by atoms with E-state index < -0.39 is 0 Å². The molecule has 0 spiro atoms. The highest BCUT2D eigenvalue weighted by atomic mass is 16.2. The van der Waals surface area contributed by atoms with Crippen LogP contribution in [0.5, 0.6) is 0 Å². The lowest BCUT2D eigenvalue weighted by Crippen LogP contribution is -2.53. The maximum absolute atomic E-state index is 13.0. The molecule has 132 valence electrons. The molecule has 4 rings (SSSR count). The summed E-state index contributed by atoms with van der Waals surface area (Å²) in [5.41, 5.74) is 1.90. The van der Waals surface area contributed by atoms with Gasteiger partial charge in [-0.2, -0.15) is 10.4 Å². The number of piperidine rings is 1. The molecule has 26 heavy (non-hydrogen) atoms. The second kappa shape index (κ2) is 6.30. The van der Waals surface area contributed by atoms with Crippen LogP contribution in [0, 0.1) is 11.3 Å². The Morgan fingerprint density at radius 2 is 2.00 bits per heavy atom. The van der Waals surface area contributed by atoms with Gasteiger partial charge in [-0.25, -0.2) is 0 Å². The van der Waals surface area contributed by atoms with Crippen molar-refractivity contribution in [1.82, 2.24) is 14.7 Å². The molecule has 7 nitrogen and oxygen atoms in total. The molecular formula is C19H19N5O2. The fraction of sp³-hybridized carbons (Fsp3) is 0.368. The number of amides is 2. The molecule has 1 aromatic carbocycles. The Kier molecular flexibility index (Phi) is 3.96. The summed E-state index contributed by atoms with van der Waals surface area (Å²) in [6.45, 7) is 0.623. The van der Waals surface area contributed by atoms with E-state index in [9.17, 15) is 9.59 Å². The first kappa shape index (κ1) is 16.3. The second-order valence-electron chi connectivity index (χ2n) is 6.79. The standard InChI is InChI=1S/C19H19N5O2/c1-22-12-15(11-21-22)24-17-8-9-23(16(17)6-7-18(24)25)19(26)14-4-2-13(10-20)3-5-14/h2-5,11-12,16-17H,6-9H2,1H3/t16-,17-/m1/s1. The average molecular weight is 349 g/mol. The first-order valence-electron chi connectivity index (χ1n) is 8.70. The number of fused-ring (bicyclic) bond motifs is 1. The number of likely N-dealkylation sites (tertiary alicyclic amines) is 1. The predicted molar refractivity (Wildman–Crippen MR) is 94.3 cm³/mol. The van der Waals surface area contributed by atoms with Gasteiger partial charge in [-0.05, 0) is 37.1 Å². The van der Waals surface area contributed by atoms with E-state index in [1.807, 2.05) is 23.0 Å². The van der Waals surface area contributed by atoms with E-state index in [1.54, 1.807) is 35.1 Å². The Hall–Kier alpha value is -3.14. The number of nitriles is 1. The lowest BCUT2D eigenvalue weighted by Gasteiger charge is -2.39. The third-order valence-electron chi connectivity index (χ3n) is 5.26. The average Bonchev–Trinajstić information content (AvgIpc) is 3.27. The summed E-state index contributed by atoms with van der Waals surface area (Å²) < 4.78 is 1.68. The summed E-state index contributed by atoms with van der Waals surface area (Å²) in [4.78, 5) is 29.2. The first-order chi connectivity index (χ1) is 12.6. The molecule has 3 heterocycles. The molecule has 2 atom stereocenters. The summed E-state index contributed by atoms with van der Waals surface area (Å²) in [6, 6.07) is 8.77. The van der Waals surface area contributed by atoms with E-state index in [1.165, 1.54) is 0 Å². The van der Waals surface area contributed by atoms with Crippen LogP contribution < -0.4 is 4.90 Å². The number of benzene rings is 1. The zero-order valence-corrected chi connectivity index (χ0v) is 14.5. The molecule has 2 saturated heterocycles. The van der Waals surface area contributed by atoms with Crippen LogP contribution in [0.15, 0.2) is 36.7 Å². The molecule has 2 amide bonds. The van der Waals surface area contributed by atoms with Gasteiger partial charge in [0.05, 0.1) is 35.6 Å². The molecule has 0 N–H and O–H groups in total. The fourth-order valence-electron chi connectivity index (χ4n) is 4.04. The van der Waals surface area contributed by atoms with Crippen LogP contribution >= 0.6 is 0 Å². The topological polar surface area (TPSA) is 82.2 Å². The van der Waals surface area contributed by atoms with E-state index in [-0.39, 0.29) is 23.9 Å². The van der Waals surface area contributed by atoms with Gasteiger partial charge < -0.3 is 9.80 Å². The van der Waals surface area contributed by atoms with Crippen molar-refractivity contribution in [2.45, 2.75) is 31.3 Å². The van der Waals surface area contributed by atoms with Crippen molar-refractivity contribution >= 4 is 17.5 Å². The minimum absolute atomic E-state index is 0.0102. The second-order valence-corrected chi connectivity index (χ2v) is 6.79. The number of carbonyl (C=O) groups excluding carboxylic acids is 2. The lowest BCUT2D eigenvalue weighted by atomic mass is 9.95. The van der Waals surface area contributed by atoms with Gasteiger partial charge in [-0.15, -0.1) is 0 Å². The summed E-state index contributed by atoms with van der Waals surface area (Å²) >= 11 is 0. The van der Waals surface area contributed by atoms with E-state index in [2.05, 4.69) is 11.2 Å². The van der Waals surface area contributed by atoms with Crippen LogP contribution in [0.2, 0.25) is 0 Å². The van der Waals surface area contributed by atoms with Gasteiger partial charge in [0, 0.05) is 31.8 Å². The predicted octanol–water partition coefficient (Wildman–Crippen LogP) is 1.70. The number of nitrogens with zero attached hydrogens (tertiary/aromatic N) is 5. The number of hydrogen-bond acceptors (Lipinski definition) is 4. The van der Waals surface area contributed by atoms with E-state index in [4.69, 9.17) is 5.26 Å². The van der Waals surface area contributed by atoms with Crippen LogP contribution in [0.25, 0.3) is 0 Å². The van der Waals surface area contributed by atoms with Gasteiger partial charge in [0.25, 0.3) is 5.91 Å². The van der Waals surface area contributed by atoms with Crippen molar-refractivity contribution in [1.29, 1.82) is 5.26 Å². The van der Waals surface area contributed by atoms with Crippen LogP contribution in [0.4, 0.5) is 5.69 Å². The highest BCUT2D eigenvalue weighted by molar-refractivity contribution is 5.97. The highest BCUT2D eigenvalue weighted by Crippen LogP contribution is 2.35. The third-order valence-corrected chi connectivity index (χ3v) is 5.26. The van der Waals surface area contributed by atoms with Crippen molar-refractivity contribution < 1.29 is 9.59 Å². The molecule has 0 saturated carbocycles. The Labute approximate surface area is 151 Å². The van der Waals surface area contributed by atoms with Crippen LogP contribution in [-0.4, -0.2) is 45.1 Å². The lowest BCUT2D eigenvalue weighted by molar-refractivity contribution is -0.120. The Morgan fingerprint density at radius 1 is 1.23 bits per heavy atom. The monoisotopic (exact) mass is 349 g/mol. The van der Waals surface area contributed by atoms with Crippen LogP contribution in [0.3, 0.4) is 0 Å². The summed E-state index contributed by atoms with van der Waals surface area (Å²) in [5.74, 6) is 0.0504. The van der Waals surface area contributed by atoms with Crippen LogP contribution in [0.1, 0.15) is 35.2 Å². The number of aryl methyl sites for hydroxylation is 1. The molecule has 2 aromatic rings. The number of anilines is 1. The number of hydrogen-bond donors (Lipinski definition) is 0. The van der Waals surface area contributed by atoms with Gasteiger partial charge in [0.2, 0.25) is 5.91 Å². The zero-order valence-electron chi connectivity index (χ0n) is 14.5. The molecule has 0 aliphatic carbocycles. The van der Waals surface area contributed by atoms with Crippen molar-refractivity contribution in [2.75, 3.05) is 11.4 Å². The zero-order chi connectivity index (χ0) is 18.3. The van der Waals surface area contributed by atoms with Gasteiger partial charge in [0.15, 0.2) is 0 Å². The summed E-state index contributed by atoms with van der Waals surface area (Å²) in [6.07, 6.45) is 5.40. The quantitative estimate of drug-likeness (QED) is 0.826. The maximum Gasteiger partial charge on any atom is 0.254 e. The molecule has 2 aliphatic heterocycles. The number of rotatable bonds is 2. The van der Waals surface area contributed by atoms with Gasteiger partial charge in [-0.1, -0.05) is 0 Å². The van der Waals surface area contributed by atoms with Crippen LogP contribution in [-0.2, 0) is 11.8 Å². The van der Waals surface area contributed by atoms with Gasteiger partial charge >= 0.3 is 0 Å². The molecule has 0 radical (unpaired) electrons. The molecule has 1 aromatic heterocycles. The first-order valence-corrected chi connectivity index (χ1v) is 8.70. The minimum Gasteiger partial charge on any atom is -0.333 e. The molecule has 2 fully saturated rings. The molecule has 7 heteroatoms. The van der Waals surface area contributed by atoms with Crippen molar-refractivity contribution in [3.63, 3.8) is 0 Å². The molecule has 0 unspecified atom stereocenters. The fourth-order valence-corrected chi connectivity index (χ4v) is 4.04. The van der Waals surface area contributed by atoms with Gasteiger partial charge in [-0.3, -0.25) is 14.3 Å². The smallest absolute Gasteiger partial charge is 0.254 e. The van der Waals surface area contributed by atoms with Gasteiger partial charge in [0.1, 0.15) is 0 Å². The van der Waals surface area contributed by atoms with E-state index in [0.717, 1.165) is 12.1 Å². The minimum atomic E-state index is -0.0394. The van der Waals surface area contributed by atoms with Crippen molar-refractivity contribution in [3.05, 3.63) is 47.8 Å². The molecular weight excluding hydrogens is 330 g/mol. The maximum atomic E-state index is 13.0. The van der Waals surface area contributed by atoms with Crippen molar-refractivity contribution in [3.8, 4) is 6.07 Å². The summed E-state index contributed by atoms with van der Waals surface area (Å²) in [7, 11) is 1.82.